The molecule has 120 valence electrons. The first-order chi connectivity index (χ1) is 9.85. The lowest BCUT2D eigenvalue weighted by Gasteiger charge is -2.14. The summed E-state index contributed by atoms with van der Waals surface area (Å²) < 4.78 is 27.2. The van der Waals surface area contributed by atoms with E-state index in [2.05, 4.69) is 23.9 Å². The molecule has 0 spiro atoms. The van der Waals surface area contributed by atoms with Crippen LogP contribution in [0.1, 0.15) is 32.8 Å². The van der Waals surface area contributed by atoms with Gasteiger partial charge in [-0.1, -0.05) is 26.0 Å². The second-order valence-corrected chi connectivity index (χ2v) is 8.18. The van der Waals surface area contributed by atoms with Crippen LogP contribution in [0.5, 0.6) is 0 Å². The van der Waals surface area contributed by atoms with Crippen molar-refractivity contribution < 1.29 is 8.42 Å². The van der Waals surface area contributed by atoms with E-state index in [1.54, 1.807) is 23.9 Å². The molecule has 1 atom stereocenters. The van der Waals surface area contributed by atoms with Gasteiger partial charge in [0.15, 0.2) is 0 Å². The molecule has 0 aliphatic carbocycles. The van der Waals surface area contributed by atoms with Crippen LogP contribution in [0.3, 0.4) is 0 Å². The molecule has 0 saturated heterocycles. The summed E-state index contributed by atoms with van der Waals surface area (Å²) in [5.41, 5.74) is 1.08. The molecule has 0 bridgehead atoms. The van der Waals surface area contributed by atoms with E-state index in [-0.39, 0.29) is 6.04 Å². The average Bonchev–Trinajstić information content (AvgIpc) is 2.43. The minimum Gasteiger partial charge on any atom is -0.310 e. The highest BCUT2D eigenvalue weighted by Gasteiger charge is 2.16. The van der Waals surface area contributed by atoms with Crippen LogP contribution in [0.25, 0.3) is 0 Å². The quantitative estimate of drug-likeness (QED) is 0.731. The molecule has 6 heteroatoms. The molecule has 1 unspecified atom stereocenters. The molecule has 0 aliphatic rings. The number of hydrogen-bond donors (Lipinski definition) is 2. The van der Waals surface area contributed by atoms with Gasteiger partial charge in [-0.15, -0.1) is 0 Å². The molecule has 2 N–H and O–H groups in total. The Labute approximate surface area is 133 Å². The maximum Gasteiger partial charge on any atom is 0.240 e. The third-order valence-electron chi connectivity index (χ3n) is 3.06. The first-order valence-electron chi connectivity index (χ1n) is 7.18. The fourth-order valence-corrected chi connectivity index (χ4v) is 3.66. The van der Waals surface area contributed by atoms with E-state index in [1.165, 1.54) is 0 Å². The SMILES string of the molecule is CSCCC(C)NS(=O)(=O)c1ccc(CNC(C)C)cc1. The minimum absolute atomic E-state index is 0.0512. The lowest BCUT2D eigenvalue weighted by molar-refractivity contribution is 0.557. The van der Waals surface area contributed by atoms with Gasteiger partial charge in [0, 0.05) is 18.6 Å². The first kappa shape index (κ1) is 18.5. The number of benzene rings is 1. The maximum absolute atomic E-state index is 12.2. The van der Waals surface area contributed by atoms with E-state index in [4.69, 9.17) is 0 Å². The zero-order valence-corrected chi connectivity index (χ0v) is 14.9. The summed E-state index contributed by atoms with van der Waals surface area (Å²) in [6.45, 7) is 6.81. The highest BCUT2D eigenvalue weighted by Crippen LogP contribution is 2.12. The van der Waals surface area contributed by atoms with Crippen molar-refractivity contribution in [2.45, 2.75) is 50.7 Å². The minimum atomic E-state index is -3.42. The van der Waals surface area contributed by atoms with E-state index in [0.717, 1.165) is 24.3 Å². The Morgan fingerprint density at radius 1 is 1.14 bits per heavy atom. The van der Waals surface area contributed by atoms with E-state index >= 15 is 0 Å². The van der Waals surface area contributed by atoms with Gasteiger partial charge in [-0.3, -0.25) is 0 Å². The Morgan fingerprint density at radius 2 is 1.76 bits per heavy atom. The molecule has 1 aromatic rings. The van der Waals surface area contributed by atoms with Gasteiger partial charge in [0.05, 0.1) is 4.90 Å². The normalized spacial score (nSPS) is 13.6. The lowest BCUT2D eigenvalue weighted by atomic mass is 10.2. The summed E-state index contributed by atoms with van der Waals surface area (Å²) in [4.78, 5) is 0.326. The van der Waals surface area contributed by atoms with Crippen LogP contribution in [-0.2, 0) is 16.6 Å². The van der Waals surface area contributed by atoms with Gasteiger partial charge >= 0.3 is 0 Å². The van der Waals surface area contributed by atoms with E-state index in [9.17, 15) is 8.42 Å². The van der Waals surface area contributed by atoms with Gasteiger partial charge in [0.25, 0.3) is 0 Å². The summed E-state index contributed by atoms with van der Waals surface area (Å²) in [6, 6.07) is 7.41. The van der Waals surface area contributed by atoms with E-state index < -0.39 is 10.0 Å². The largest absolute Gasteiger partial charge is 0.310 e. The fraction of sp³-hybridized carbons (Fsp3) is 0.600. The molecule has 21 heavy (non-hydrogen) atoms. The van der Waals surface area contributed by atoms with Crippen molar-refractivity contribution in [1.29, 1.82) is 0 Å². The van der Waals surface area contributed by atoms with Crippen molar-refractivity contribution in [3.05, 3.63) is 29.8 Å². The van der Waals surface area contributed by atoms with Crippen molar-refractivity contribution in [3.8, 4) is 0 Å². The second kappa shape index (κ2) is 8.78. The molecule has 1 aromatic carbocycles. The number of rotatable bonds is 9. The van der Waals surface area contributed by atoms with Crippen molar-refractivity contribution >= 4 is 21.8 Å². The predicted molar refractivity (Wildman–Crippen MR) is 91.2 cm³/mol. The first-order valence-corrected chi connectivity index (χ1v) is 10.1. The van der Waals surface area contributed by atoms with Crippen LogP contribution >= 0.6 is 11.8 Å². The number of nitrogens with one attached hydrogen (secondary N) is 2. The van der Waals surface area contributed by atoms with Gasteiger partial charge in [-0.25, -0.2) is 13.1 Å². The molecule has 0 aliphatic heterocycles. The van der Waals surface area contributed by atoms with Crippen LogP contribution in [0.4, 0.5) is 0 Å². The van der Waals surface area contributed by atoms with Crippen LogP contribution in [-0.4, -0.2) is 32.5 Å². The topological polar surface area (TPSA) is 58.2 Å². The van der Waals surface area contributed by atoms with Gasteiger partial charge in [-0.2, -0.15) is 11.8 Å². The lowest BCUT2D eigenvalue weighted by Crippen LogP contribution is -2.33. The Bertz CT molecular complexity index is 513. The Balaban J connectivity index is 2.66. The van der Waals surface area contributed by atoms with Crippen molar-refractivity contribution in [1.82, 2.24) is 10.0 Å². The monoisotopic (exact) mass is 330 g/mol. The predicted octanol–water partition coefficient (Wildman–Crippen LogP) is 2.60. The van der Waals surface area contributed by atoms with E-state index in [1.807, 2.05) is 25.3 Å². The van der Waals surface area contributed by atoms with Crippen LogP contribution in [0, 0.1) is 0 Å². The molecule has 0 fully saturated rings. The molecular formula is C15H26N2O2S2. The summed E-state index contributed by atoms with van der Waals surface area (Å²) in [6.07, 6.45) is 2.85. The molecular weight excluding hydrogens is 304 g/mol. The van der Waals surface area contributed by atoms with E-state index in [0.29, 0.717) is 10.9 Å². The second-order valence-electron chi connectivity index (χ2n) is 5.48. The maximum atomic E-state index is 12.2. The fourth-order valence-electron chi connectivity index (χ4n) is 1.79. The average molecular weight is 331 g/mol. The molecule has 1 rings (SSSR count). The Kier molecular flexibility index (Phi) is 7.73. The molecule has 0 radical (unpaired) electrons. The Morgan fingerprint density at radius 3 is 2.29 bits per heavy atom. The molecule has 4 nitrogen and oxygen atoms in total. The third kappa shape index (κ3) is 6.82. The molecule has 0 amide bonds. The van der Waals surface area contributed by atoms with Gasteiger partial charge in [-0.05, 0) is 43.0 Å². The number of hydrogen-bond acceptors (Lipinski definition) is 4. The summed E-state index contributed by atoms with van der Waals surface area (Å²) >= 11 is 1.72. The third-order valence-corrected chi connectivity index (χ3v) is 5.31. The zero-order chi connectivity index (χ0) is 15.9. The zero-order valence-electron chi connectivity index (χ0n) is 13.2. The summed E-state index contributed by atoms with van der Waals surface area (Å²) in [5, 5.41) is 3.31. The number of thioether (sulfide) groups is 1. The van der Waals surface area contributed by atoms with Crippen LogP contribution in [0.15, 0.2) is 29.2 Å². The van der Waals surface area contributed by atoms with Crippen LogP contribution < -0.4 is 10.0 Å². The molecule has 0 saturated carbocycles. The highest BCUT2D eigenvalue weighted by atomic mass is 32.2. The summed E-state index contributed by atoms with van der Waals surface area (Å²) in [5.74, 6) is 0.948. The summed E-state index contributed by atoms with van der Waals surface area (Å²) in [7, 11) is -3.42. The van der Waals surface area contributed by atoms with Crippen molar-refractivity contribution in [3.63, 3.8) is 0 Å². The standard InChI is InChI=1S/C15H26N2O2S2/c1-12(2)16-11-14-5-7-15(8-6-14)21(18,19)17-13(3)9-10-20-4/h5-8,12-13,16-17H,9-11H2,1-4H3. The van der Waals surface area contributed by atoms with Gasteiger partial charge < -0.3 is 5.32 Å². The van der Waals surface area contributed by atoms with Crippen LogP contribution in [0.2, 0.25) is 0 Å². The van der Waals surface area contributed by atoms with Crippen molar-refractivity contribution in [2.75, 3.05) is 12.0 Å². The molecule has 0 aromatic heterocycles. The van der Waals surface area contributed by atoms with Crippen molar-refractivity contribution in [2.24, 2.45) is 0 Å². The van der Waals surface area contributed by atoms with Gasteiger partial charge in [0.2, 0.25) is 10.0 Å². The van der Waals surface area contributed by atoms with Gasteiger partial charge in [0.1, 0.15) is 0 Å². The smallest absolute Gasteiger partial charge is 0.240 e. The number of sulfonamides is 1. The Hall–Kier alpha value is -0.560. The highest BCUT2D eigenvalue weighted by molar-refractivity contribution is 7.98. The molecule has 0 heterocycles.